The number of aryl methyl sites for hydroxylation is 1. The average Bonchev–Trinajstić information content (AvgIpc) is 3.44. The molecule has 2 aliphatic rings. The first-order valence-corrected chi connectivity index (χ1v) is 9.06. The van der Waals surface area contributed by atoms with Gasteiger partial charge in [-0.25, -0.2) is 0 Å². The molecule has 1 aliphatic carbocycles. The molecule has 1 aromatic heterocycles. The molecule has 0 bridgehead atoms. The number of hydrogen-bond donors (Lipinski definition) is 0. The minimum atomic E-state index is 0.405. The maximum atomic E-state index is 6.27. The number of allylic oxidation sites excluding steroid dienone is 2. The van der Waals surface area contributed by atoms with E-state index in [4.69, 9.17) is 16.3 Å². The van der Waals surface area contributed by atoms with Crippen molar-refractivity contribution in [2.24, 2.45) is 0 Å². The number of nitrogens with zero attached hydrogens (tertiary/aromatic N) is 2. The summed E-state index contributed by atoms with van der Waals surface area (Å²) in [6, 6.07) is 10.3. The zero-order valence-electron chi connectivity index (χ0n) is 14.3. The summed E-state index contributed by atoms with van der Waals surface area (Å²) >= 11 is 6.27. The van der Waals surface area contributed by atoms with Crippen molar-refractivity contribution in [2.45, 2.75) is 32.4 Å². The quantitative estimate of drug-likeness (QED) is 0.757. The Labute approximate surface area is 153 Å². The van der Waals surface area contributed by atoms with Crippen molar-refractivity contribution in [1.82, 2.24) is 9.88 Å². The second-order valence-electron chi connectivity index (χ2n) is 6.64. The van der Waals surface area contributed by atoms with Crippen LogP contribution in [0.15, 0.2) is 54.9 Å². The van der Waals surface area contributed by atoms with E-state index < -0.39 is 0 Å². The van der Waals surface area contributed by atoms with Gasteiger partial charge in [-0.2, -0.15) is 0 Å². The van der Waals surface area contributed by atoms with Gasteiger partial charge in [0.1, 0.15) is 5.75 Å². The molecule has 2 heterocycles. The third-order valence-electron chi connectivity index (χ3n) is 4.47. The molecule has 1 aliphatic heterocycles. The maximum Gasteiger partial charge on any atom is 0.127 e. The smallest absolute Gasteiger partial charge is 0.127 e. The Bertz CT molecular complexity index is 840. The Morgan fingerprint density at radius 2 is 2.12 bits per heavy atom. The van der Waals surface area contributed by atoms with E-state index in [1.807, 2.05) is 19.1 Å². The van der Waals surface area contributed by atoms with Gasteiger partial charge in [0.2, 0.25) is 0 Å². The molecule has 0 radical (unpaired) electrons. The van der Waals surface area contributed by atoms with E-state index in [1.54, 1.807) is 6.20 Å². The maximum absolute atomic E-state index is 6.27. The fourth-order valence-electron chi connectivity index (χ4n) is 2.96. The fourth-order valence-corrected chi connectivity index (χ4v) is 3.12. The van der Waals surface area contributed by atoms with E-state index in [-0.39, 0.29) is 0 Å². The first-order valence-electron chi connectivity index (χ1n) is 8.68. The van der Waals surface area contributed by atoms with Crippen LogP contribution in [0.3, 0.4) is 0 Å². The summed E-state index contributed by atoms with van der Waals surface area (Å²) in [4.78, 5) is 6.47. The molecule has 4 rings (SSSR count). The van der Waals surface area contributed by atoms with E-state index in [0.717, 1.165) is 35.1 Å². The summed E-state index contributed by atoms with van der Waals surface area (Å²) < 4.78 is 6.05. The summed E-state index contributed by atoms with van der Waals surface area (Å²) in [5.41, 5.74) is 4.48. The Kier molecular flexibility index (Phi) is 4.50. The minimum absolute atomic E-state index is 0.405. The number of halogens is 1. The molecule has 0 spiro atoms. The van der Waals surface area contributed by atoms with Gasteiger partial charge in [0.15, 0.2) is 0 Å². The highest BCUT2D eigenvalue weighted by molar-refractivity contribution is 6.31. The lowest BCUT2D eigenvalue weighted by molar-refractivity contribution is 0.302. The molecule has 0 saturated heterocycles. The predicted molar refractivity (Wildman–Crippen MR) is 102 cm³/mol. The Morgan fingerprint density at radius 3 is 2.88 bits per heavy atom. The van der Waals surface area contributed by atoms with Crippen molar-refractivity contribution in [3.05, 3.63) is 76.7 Å². The average molecular weight is 353 g/mol. The molecule has 25 heavy (non-hydrogen) atoms. The van der Waals surface area contributed by atoms with Crippen LogP contribution in [0.1, 0.15) is 29.7 Å². The second-order valence-corrected chi connectivity index (χ2v) is 7.04. The molecule has 4 heteroatoms. The second kappa shape index (κ2) is 6.93. The number of hydrogen-bond acceptors (Lipinski definition) is 3. The van der Waals surface area contributed by atoms with Gasteiger partial charge in [0.25, 0.3) is 0 Å². The van der Waals surface area contributed by atoms with Crippen LogP contribution in [-0.4, -0.2) is 22.5 Å². The number of rotatable bonds is 5. The molecule has 2 aromatic rings. The highest BCUT2D eigenvalue weighted by Gasteiger charge is 2.24. The van der Waals surface area contributed by atoms with Gasteiger partial charge >= 0.3 is 0 Å². The van der Waals surface area contributed by atoms with Gasteiger partial charge in [0, 0.05) is 36.7 Å². The van der Waals surface area contributed by atoms with Crippen molar-refractivity contribution >= 4 is 17.2 Å². The van der Waals surface area contributed by atoms with Gasteiger partial charge in [-0.05, 0) is 49.1 Å². The Morgan fingerprint density at radius 1 is 1.28 bits per heavy atom. The van der Waals surface area contributed by atoms with Crippen molar-refractivity contribution in [2.75, 3.05) is 6.54 Å². The van der Waals surface area contributed by atoms with Gasteiger partial charge in [-0.1, -0.05) is 35.9 Å². The van der Waals surface area contributed by atoms with Crippen molar-refractivity contribution in [1.29, 1.82) is 0 Å². The molecule has 128 valence electrons. The fraction of sp³-hybridized carbons (Fsp3) is 0.286. The molecular weight excluding hydrogens is 332 g/mol. The van der Waals surface area contributed by atoms with E-state index in [0.29, 0.717) is 6.10 Å². The summed E-state index contributed by atoms with van der Waals surface area (Å²) in [7, 11) is 0. The highest BCUT2D eigenvalue weighted by Crippen LogP contribution is 2.33. The van der Waals surface area contributed by atoms with Gasteiger partial charge < -0.3 is 9.64 Å². The highest BCUT2D eigenvalue weighted by atomic mass is 35.5. The van der Waals surface area contributed by atoms with Crippen molar-refractivity contribution < 1.29 is 4.74 Å². The summed E-state index contributed by atoms with van der Waals surface area (Å²) in [5, 5.41) is 0.719. The first kappa shape index (κ1) is 16.2. The lowest BCUT2D eigenvalue weighted by atomic mass is 10.0. The van der Waals surface area contributed by atoms with Crippen LogP contribution in [0.5, 0.6) is 5.75 Å². The zero-order valence-corrected chi connectivity index (χ0v) is 15.0. The largest absolute Gasteiger partial charge is 0.490 e. The van der Waals surface area contributed by atoms with E-state index in [9.17, 15) is 0 Å². The molecule has 0 amide bonds. The lowest BCUT2D eigenvalue weighted by Gasteiger charge is -2.24. The van der Waals surface area contributed by atoms with Crippen molar-refractivity contribution in [3.8, 4) is 5.75 Å². The van der Waals surface area contributed by atoms with Crippen LogP contribution in [0.2, 0.25) is 5.02 Å². The zero-order chi connectivity index (χ0) is 17.2. The van der Waals surface area contributed by atoms with Crippen molar-refractivity contribution in [3.63, 3.8) is 0 Å². The Hall–Kier alpha value is -2.26. The van der Waals surface area contributed by atoms with E-state index in [2.05, 4.69) is 46.4 Å². The normalized spacial score (nSPS) is 16.7. The number of pyridine rings is 1. The van der Waals surface area contributed by atoms with Crippen LogP contribution in [0, 0.1) is 6.92 Å². The molecule has 3 nitrogen and oxygen atoms in total. The van der Waals surface area contributed by atoms with Crippen LogP contribution in [-0.2, 0) is 6.54 Å². The molecule has 0 unspecified atom stereocenters. The Balaban J connectivity index is 1.48. The molecule has 0 N–H and O–H groups in total. The van der Waals surface area contributed by atoms with Crippen LogP contribution >= 0.6 is 11.6 Å². The molecule has 0 atom stereocenters. The number of benzene rings is 1. The molecular formula is C21H21ClN2O. The first-order chi connectivity index (χ1) is 12.2. The summed E-state index contributed by atoms with van der Waals surface area (Å²) in [6.07, 6.45) is 11.0. The SMILES string of the molecule is Cc1cc(CN2C=CC(c3ccccc3OC3CC3)=CC2)c(Cl)cn1. The lowest BCUT2D eigenvalue weighted by Crippen LogP contribution is -2.19. The number of para-hydroxylation sites is 1. The minimum Gasteiger partial charge on any atom is -0.490 e. The number of ether oxygens (including phenoxy) is 1. The number of aromatic nitrogens is 1. The predicted octanol–water partition coefficient (Wildman–Crippen LogP) is 5.00. The summed E-state index contributed by atoms with van der Waals surface area (Å²) in [5.74, 6) is 0.988. The third-order valence-corrected chi connectivity index (χ3v) is 4.81. The molecule has 1 aromatic carbocycles. The van der Waals surface area contributed by atoms with E-state index in [1.165, 1.54) is 24.0 Å². The topological polar surface area (TPSA) is 25.4 Å². The van der Waals surface area contributed by atoms with Gasteiger partial charge in [-0.3, -0.25) is 4.98 Å². The van der Waals surface area contributed by atoms with E-state index >= 15 is 0 Å². The van der Waals surface area contributed by atoms with Gasteiger partial charge in [-0.15, -0.1) is 0 Å². The molecule has 1 saturated carbocycles. The third kappa shape index (κ3) is 3.88. The monoisotopic (exact) mass is 352 g/mol. The van der Waals surface area contributed by atoms with Crippen LogP contribution in [0.25, 0.3) is 5.57 Å². The standard InChI is InChI=1S/C21H21ClN2O/c1-15-12-17(20(22)13-23-15)14-24-10-8-16(9-11-24)19-4-2-3-5-21(19)25-18-6-7-18/h2-5,8-10,12-13,18H,6-7,11,14H2,1H3. The molecule has 1 fully saturated rings. The van der Waals surface area contributed by atoms with Crippen LogP contribution in [0.4, 0.5) is 0 Å². The van der Waals surface area contributed by atoms with Crippen LogP contribution < -0.4 is 4.74 Å². The van der Waals surface area contributed by atoms with Gasteiger partial charge in [0.05, 0.1) is 11.1 Å². The summed E-state index contributed by atoms with van der Waals surface area (Å²) in [6.45, 7) is 3.62.